The van der Waals surface area contributed by atoms with Gasteiger partial charge in [0.2, 0.25) is 5.91 Å². The predicted octanol–water partition coefficient (Wildman–Crippen LogP) is 3.53. The number of nitrogens with zero attached hydrogens (tertiary/aromatic N) is 1. The number of amides is 1. The Bertz CT molecular complexity index is 545. The van der Waals surface area contributed by atoms with Gasteiger partial charge in [-0.2, -0.15) is 0 Å². The lowest BCUT2D eigenvalue weighted by atomic mass is 9.85. The van der Waals surface area contributed by atoms with Gasteiger partial charge in [-0.15, -0.1) is 0 Å². The molecule has 0 aromatic heterocycles. The van der Waals surface area contributed by atoms with Crippen LogP contribution in [-0.2, 0) is 4.79 Å². The Morgan fingerprint density at radius 1 is 1.00 bits per heavy atom. The number of hydrogen-bond donors (Lipinski definition) is 1. The van der Waals surface area contributed by atoms with E-state index in [1.54, 1.807) is 12.1 Å². The number of carbonyl (C=O) groups is 1. The van der Waals surface area contributed by atoms with E-state index in [-0.39, 0.29) is 0 Å². The third-order valence-electron chi connectivity index (χ3n) is 6.23. The molecule has 1 aromatic carbocycles. The number of phenolic OH excluding ortho intramolecular Hbond substituents is 1. The Morgan fingerprint density at radius 3 is 2.32 bits per heavy atom. The molecule has 1 heterocycles. The molecule has 0 radical (unpaired) electrons. The molecule has 3 aliphatic rings. The number of likely N-dealkylation sites (tertiary alicyclic amines) is 1. The number of fused-ring (bicyclic) bond motifs is 2. The largest absolute Gasteiger partial charge is 0.508 e. The normalized spacial score (nSPS) is 31.6. The average molecular weight is 299 g/mol. The van der Waals surface area contributed by atoms with Crippen LogP contribution in [0.25, 0.3) is 0 Å². The molecule has 1 saturated heterocycles. The monoisotopic (exact) mass is 299 g/mol. The fraction of sp³-hybridized carbons (Fsp3) is 0.632. The second kappa shape index (κ2) is 5.60. The van der Waals surface area contributed by atoms with Crippen LogP contribution in [-0.4, -0.2) is 29.0 Å². The molecule has 4 rings (SSSR count). The molecular weight excluding hydrogens is 274 g/mol. The first kappa shape index (κ1) is 14.1. The van der Waals surface area contributed by atoms with Crippen LogP contribution < -0.4 is 0 Å². The van der Waals surface area contributed by atoms with E-state index in [1.807, 2.05) is 12.1 Å². The van der Waals surface area contributed by atoms with Crippen molar-refractivity contribution in [3.8, 4) is 5.75 Å². The Morgan fingerprint density at radius 2 is 1.73 bits per heavy atom. The molecule has 3 nitrogen and oxygen atoms in total. The van der Waals surface area contributed by atoms with E-state index in [9.17, 15) is 9.90 Å². The maximum atomic E-state index is 12.8. The summed E-state index contributed by atoms with van der Waals surface area (Å²) in [6, 6.07) is 7.57. The number of benzene rings is 1. The van der Waals surface area contributed by atoms with E-state index in [1.165, 1.54) is 24.8 Å². The fourth-order valence-corrected chi connectivity index (χ4v) is 4.96. The van der Waals surface area contributed by atoms with Crippen LogP contribution in [0.4, 0.5) is 0 Å². The lowest BCUT2D eigenvalue weighted by Crippen LogP contribution is -2.42. The lowest BCUT2D eigenvalue weighted by molar-refractivity contribution is -0.138. The molecular formula is C19H25NO2. The topological polar surface area (TPSA) is 40.5 Å². The van der Waals surface area contributed by atoms with Crippen LogP contribution in [0.1, 0.15) is 50.0 Å². The van der Waals surface area contributed by atoms with Crippen molar-refractivity contribution >= 4 is 5.91 Å². The summed E-state index contributed by atoms with van der Waals surface area (Å²) in [5.74, 6) is 3.17. The Hall–Kier alpha value is -1.51. The molecule has 1 aliphatic heterocycles. The van der Waals surface area contributed by atoms with E-state index in [4.69, 9.17) is 0 Å². The molecule has 0 spiro atoms. The standard InChI is InChI=1S/C19H25NO2/c21-17-5-3-14(4-6-17)15-7-9-20(10-8-15)19(22)18-12-13-1-2-16(18)11-13/h3-6,13,15-16,18,21H,1-2,7-12H2/t13-,16-,18-/m0/s1. The number of rotatable bonds is 2. The average Bonchev–Trinajstić information content (AvgIpc) is 3.18. The van der Waals surface area contributed by atoms with Crippen molar-refractivity contribution in [1.29, 1.82) is 0 Å². The van der Waals surface area contributed by atoms with E-state index in [2.05, 4.69) is 4.90 Å². The van der Waals surface area contributed by atoms with Gasteiger partial charge in [0.25, 0.3) is 0 Å². The number of piperidine rings is 1. The van der Waals surface area contributed by atoms with Gasteiger partial charge in [-0.05, 0) is 67.6 Å². The number of hydrogen-bond acceptors (Lipinski definition) is 2. The molecule has 1 amide bonds. The van der Waals surface area contributed by atoms with Gasteiger partial charge in [0.15, 0.2) is 0 Å². The number of aromatic hydroxyl groups is 1. The zero-order valence-electron chi connectivity index (χ0n) is 13.1. The van der Waals surface area contributed by atoms with Gasteiger partial charge in [-0.1, -0.05) is 18.6 Å². The van der Waals surface area contributed by atoms with Crippen LogP contribution in [0.2, 0.25) is 0 Å². The SMILES string of the molecule is O=C([C@H]1C[C@H]2CC[C@H]1C2)N1CCC(c2ccc(O)cc2)CC1. The Kier molecular flexibility index (Phi) is 3.59. The molecule has 3 fully saturated rings. The molecule has 22 heavy (non-hydrogen) atoms. The maximum Gasteiger partial charge on any atom is 0.225 e. The van der Waals surface area contributed by atoms with Gasteiger partial charge in [-0.25, -0.2) is 0 Å². The summed E-state index contributed by atoms with van der Waals surface area (Å²) in [5.41, 5.74) is 1.30. The predicted molar refractivity (Wildman–Crippen MR) is 85.6 cm³/mol. The van der Waals surface area contributed by atoms with Crippen molar-refractivity contribution in [3.63, 3.8) is 0 Å². The minimum atomic E-state index is 0.327. The van der Waals surface area contributed by atoms with Gasteiger partial charge in [-0.3, -0.25) is 4.79 Å². The van der Waals surface area contributed by atoms with Crippen molar-refractivity contribution in [3.05, 3.63) is 29.8 Å². The highest BCUT2D eigenvalue weighted by molar-refractivity contribution is 5.79. The molecule has 118 valence electrons. The van der Waals surface area contributed by atoms with E-state index in [0.29, 0.717) is 29.4 Å². The quantitative estimate of drug-likeness (QED) is 0.907. The number of carbonyl (C=O) groups excluding carboxylic acids is 1. The highest BCUT2D eigenvalue weighted by Crippen LogP contribution is 2.49. The van der Waals surface area contributed by atoms with E-state index < -0.39 is 0 Å². The van der Waals surface area contributed by atoms with E-state index >= 15 is 0 Å². The van der Waals surface area contributed by atoms with Crippen molar-refractivity contribution in [2.45, 2.75) is 44.4 Å². The molecule has 2 saturated carbocycles. The smallest absolute Gasteiger partial charge is 0.225 e. The highest BCUT2D eigenvalue weighted by atomic mass is 16.3. The van der Waals surface area contributed by atoms with Crippen molar-refractivity contribution in [1.82, 2.24) is 4.90 Å². The van der Waals surface area contributed by atoms with Gasteiger partial charge in [0.05, 0.1) is 0 Å². The molecule has 0 unspecified atom stereocenters. The summed E-state index contributed by atoms with van der Waals surface area (Å²) in [5, 5.41) is 9.39. The van der Waals surface area contributed by atoms with E-state index in [0.717, 1.165) is 38.3 Å². The fourth-order valence-electron chi connectivity index (χ4n) is 4.96. The lowest BCUT2D eigenvalue weighted by Gasteiger charge is -2.35. The third kappa shape index (κ3) is 2.51. The first-order chi connectivity index (χ1) is 10.7. The second-order valence-corrected chi connectivity index (χ2v) is 7.47. The molecule has 2 bridgehead atoms. The second-order valence-electron chi connectivity index (χ2n) is 7.47. The van der Waals surface area contributed by atoms with Crippen LogP contribution in [0, 0.1) is 17.8 Å². The summed E-state index contributed by atoms with van der Waals surface area (Å²) in [4.78, 5) is 14.9. The third-order valence-corrected chi connectivity index (χ3v) is 6.23. The Labute approximate surface area is 132 Å². The minimum absolute atomic E-state index is 0.327. The molecule has 3 heteroatoms. The van der Waals surface area contributed by atoms with Crippen LogP contribution in [0.5, 0.6) is 5.75 Å². The minimum Gasteiger partial charge on any atom is -0.508 e. The van der Waals surface area contributed by atoms with Crippen molar-refractivity contribution in [2.24, 2.45) is 17.8 Å². The zero-order valence-corrected chi connectivity index (χ0v) is 13.1. The van der Waals surface area contributed by atoms with Gasteiger partial charge >= 0.3 is 0 Å². The molecule has 1 aromatic rings. The van der Waals surface area contributed by atoms with Crippen LogP contribution >= 0.6 is 0 Å². The summed E-state index contributed by atoms with van der Waals surface area (Å²) >= 11 is 0. The van der Waals surface area contributed by atoms with Crippen molar-refractivity contribution in [2.75, 3.05) is 13.1 Å². The molecule has 1 N–H and O–H groups in total. The first-order valence-corrected chi connectivity index (χ1v) is 8.78. The van der Waals surface area contributed by atoms with Gasteiger partial charge < -0.3 is 10.0 Å². The van der Waals surface area contributed by atoms with Crippen LogP contribution in [0.15, 0.2) is 24.3 Å². The summed E-state index contributed by atoms with van der Waals surface area (Å²) in [6.45, 7) is 1.80. The highest BCUT2D eigenvalue weighted by Gasteiger charge is 2.44. The molecule has 3 atom stereocenters. The summed E-state index contributed by atoms with van der Waals surface area (Å²) < 4.78 is 0. The maximum absolute atomic E-state index is 12.8. The van der Waals surface area contributed by atoms with Gasteiger partial charge in [0, 0.05) is 19.0 Å². The first-order valence-electron chi connectivity index (χ1n) is 8.78. The van der Waals surface area contributed by atoms with Crippen molar-refractivity contribution < 1.29 is 9.90 Å². The van der Waals surface area contributed by atoms with Crippen LogP contribution in [0.3, 0.4) is 0 Å². The Balaban J connectivity index is 1.35. The van der Waals surface area contributed by atoms with Gasteiger partial charge in [0.1, 0.15) is 5.75 Å². The summed E-state index contributed by atoms with van der Waals surface area (Å²) in [6.07, 6.45) is 7.21. The zero-order chi connectivity index (χ0) is 15.1. The summed E-state index contributed by atoms with van der Waals surface area (Å²) in [7, 11) is 0. The molecule has 2 aliphatic carbocycles. The number of phenols is 1.